The van der Waals surface area contributed by atoms with E-state index in [2.05, 4.69) is 16.9 Å². The summed E-state index contributed by atoms with van der Waals surface area (Å²) >= 11 is 0. The minimum atomic E-state index is 0.451. The Morgan fingerprint density at radius 3 is 3.25 bits per heavy atom. The molecular weight excluding hydrogens is 204 g/mol. The average Bonchev–Trinajstić information content (AvgIpc) is 2.73. The lowest BCUT2D eigenvalue weighted by molar-refractivity contribution is 0.111. The zero-order valence-electron chi connectivity index (χ0n) is 9.43. The van der Waals surface area contributed by atoms with Crippen LogP contribution in [0.1, 0.15) is 16.8 Å². The van der Waals surface area contributed by atoms with Gasteiger partial charge in [-0.1, -0.05) is 0 Å². The van der Waals surface area contributed by atoms with E-state index < -0.39 is 0 Å². The molecule has 1 aliphatic heterocycles. The van der Waals surface area contributed by atoms with Crippen LogP contribution in [0.15, 0.2) is 18.3 Å². The smallest absolute Gasteiger partial charge is 0.224 e. The molecule has 0 amide bonds. The first-order valence-corrected chi connectivity index (χ1v) is 5.51. The SMILES string of the molecule is CN1CCC(COc2ncccc2C=O)C1. The van der Waals surface area contributed by atoms with Crippen LogP contribution in [-0.4, -0.2) is 42.9 Å². The zero-order chi connectivity index (χ0) is 11.4. The monoisotopic (exact) mass is 220 g/mol. The van der Waals surface area contributed by atoms with Crippen molar-refractivity contribution in [1.29, 1.82) is 0 Å². The Hall–Kier alpha value is -1.42. The number of hydrogen-bond donors (Lipinski definition) is 0. The van der Waals surface area contributed by atoms with E-state index in [0.29, 0.717) is 24.0 Å². The molecule has 86 valence electrons. The Kier molecular flexibility index (Phi) is 3.51. The molecule has 1 aromatic rings. The fourth-order valence-corrected chi connectivity index (χ4v) is 1.97. The molecule has 2 rings (SSSR count). The van der Waals surface area contributed by atoms with E-state index in [-0.39, 0.29) is 0 Å². The average molecular weight is 220 g/mol. The van der Waals surface area contributed by atoms with Crippen molar-refractivity contribution < 1.29 is 9.53 Å². The van der Waals surface area contributed by atoms with Crippen molar-refractivity contribution in [2.45, 2.75) is 6.42 Å². The van der Waals surface area contributed by atoms with Gasteiger partial charge in [-0.25, -0.2) is 4.98 Å². The van der Waals surface area contributed by atoms with Gasteiger partial charge in [-0.15, -0.1) is 0 Å². The van der Waals surface area contributed by atoms with Gasteiger partial charge in [-0.05, 0) is 32.1 Å². The van der Waals surface area contributed by atoms with E-state index in [0.717, 1.165) is 25.8 Å². The van der Waals surface area contributed by atoms with Crippen molar-refractivity contribution in [3.8, 4) is 5.88 Å². The molecular formula is C12H16N2O2. The first-order chi connectivity index (χ1) is 7.79. The summed E-state index contributed by atoms with van der Waals surface area (Å²) in [5.41, 5.74) is 0.522. The highest BCUT2D eigenvalue weighted by molar-refractivity contribution is 5.77. The molecule has 1 unspecified atom stereocenters. The lowest BCUT2D eigenvalue weighted by atomic mass is 10.1. The summed E-state index contributed by atoms with van der Waals surface area (Å²) in [6.07, 6.45) is 3.58. The molecule has 1 aliphatic rings. The Bertz CT molecular complexity index is 368. The molecule has 0 radical (unpaired) electrons. The number of rotatable bonds is 4. The lowest BCUT2D eigenvalue weighted by Gasteiger charge is -2.12. The Labute approximate surface area is 95.2 Å². The number of pyridine rings is 1. The third-order valence-corrected chi connectivity index (χ3v) is 2.87. The van der Waals surface area contributed by atoms with Crippen molar-refractivity contribution >= 4 is 6.29 Å². The Balaban J connectivity index is 1.91. The van der Waals surface area contributed by atoms with Gasteiger partial charge in [0.25, 0.3) is 0 Å². The van der Waals surface area contributed by atoms with Crippen LogP contribution in [0.25, 0.3) is 0 Å². The quantitative estimate of drug-likeness (QED) is 0.716. The summed E-state index contributed by atoms with van der Waals surface area (Å²) in [4.78, 5) is 17.1. The van der Waals surface area contributed by atoms with Gasteiger partial charge in [0, 0.05) is 18.7 Å². The summed E-state index contributed by atoms with van der Waals surface area (Å²) in [5, 5.41) is 0. The second-order valence-electron chi connectivity index (χ2n) is 4.24. The van der Waals surface area contributed by atoms with Crippen LogP contribution in [0.3, 0.4) is 0 Å². The Morgan fingerprint density at radius 1 is 1.69 bits per heavy atom. The molecule has 1 atom stereocenters. The number of aldehydes is 1. The molecule has 0 bridgehead atoms. The maximum atomic E-state index is 10.7. The van der Waals surface area contributed by atoms with E-state index in [4.69, 9.17) is 4.74 Å². The predicted molar refractivity (Wildman–Crippen MR) is 60.7 cm³/mol. The number of ether oxygens (including phenoxy) is 1. The van der Waals surface area contributed by atoms with Crippen LogP contribution in [0.2, 0.25) is 0 Å². The standard InChI is InChI=1S/C12H16N2O2/c1-14-6-4-10(7-14)9-16-12-11(8-15)3-2-5-13-12/h2-3,5,8,10H,4,6-7,9H2,1H3. The van der Waals surface area contributed by atoms with Crippen LogP contribution in [0.5, 0.6) is 5.88 Å². The maximum Gasteiger partial charge on any atom is 0.224 e. The second kappa shape index (κ2) is 5.07. The number of hydrogen-bond acceptors (Lipinski definition) is 4. The first kappa shape index (κ1) is 11.1. The number of aromatic nitrogens is 1. The molecule has 16 heavy (non-hydrogen) atoms. The van der Waals surface area contributed by atoms with Crippen LogP contribution in [0.4, 0.5) is 0 Å². The van der Waals surface area contributed by atoms with Gasteiger partial charge in [0.1, 0.15) is 0 Å². The first-order valence-electron chi connectivity index (χ1n) is 5.51. The van der Waals surface area contributed by atoms with Crippen molar-refractivity contribution in [2.24, 2.45) is 5.92 Å². The molecule has 0 saturated carbocycles. The van der Waals surface area contributed by atoms with E-state index >= 15 is 0 Å². The summed E-state index contributed by atoms with van der Waals surface area (Å²) in [6.45, 7) is 2.82. The minimum absolute atomic E-state index is 0.451. The molecule has 0 N–H and O–H groups in total. The number of carbonyl (C=O) groups is 1. The summed E-state index contributed by atoms with van der Waals surface area (Å²) in [5.74, 6) is 0.999. The normalized spacial score (nSPS) is 20.9. The highest BCUT2D eigenvalue weighted by atomic mass is 16.5. The highest BCUT2D eigenvalue weighted by Gasteiger charge is 2.20. The van der Waals surface area contributed by atoms with Crippen molar-refractivity contribution in [3.05, 3.63) is 23.9 Å². The van der Waals surface area contributed by atoms with Crippen LogP contribution in [0, 0.1) is 5.92 Å². The van der Waals surface area contributed by atoms with Crippen molar-refractivity contribution in [1.82, 2.24) is 9.88 Å². The Morgan fingerprint density at radius 2 is 2.56 bits per heavy atom. The lowest BCUT2D eigenvalue weighted by Crippen LogP contribution is -2.18. The molecule has 0 aromatic carbocycles. The summed E-state index contributed by atoms with van der Waals surface area (Å²) in [7, 11) is 2.11. The van der Waals surface area contributed by atoms with Gasteiger partial charge in [-0.2, -0.15) is 0 Å². The van der Waals surface area contributed by atoms with Crippen molar-refractivity contribution in [3.63, 3.8) is 0 Å². The predicted octanol–water partition coefficient (Wildman–Crippen LogP) is 1.22. The van der Waals surface area contributed by atoms with Gasteiger partial charge >= 0.3 is 0 Å². The molecule has 0 spiro atoms. The molecule has 4 heteroatoms. The van der Waals surface area contributed by atoms with E-state index in [1.165, 1.54) is 0 Å². The second-order valence-corrected chi connectivity index (χ2v) is 4.24. The third kappa shape index (κ3) is 2.58. The van der Waals surface area contributed by atoms with Gasteiger partial charge in [0.15, 0.2) is 6.29 Å². The molecule has 1 aromatic heterocycles. The van der Waals surface area contributed by atoms with Gasteiger partial charge in [0.2, 0.25) is 5.88 Å². The number of carbonyl (C=O) groups excluding carboxylic acids is 1. The largest absolute Gasteiger partial charge is 0.477 e. The highest BCUT2D eigenvalue weighted by Crippen LogP contribution is 2.17. The molecule has 1 saturated heterocycles. The van der Waals surface area contributed by atoms with Crippen LogP contribution < -0.4 is 4.74 Å². The topological polar surface area (TPSA) is 42.4 Å². The fourth-order valence-electron chi connectivity index (χ4n) is 1.97. The fraction of sp³-hybridized carbons (Fsp3) is 0.500. The third-order valence-electron chi connectivity index (χ3n) is 2.87. The van der Waals surface area contributed by atoms with Gasteiger partial charge in [-0.3, -0.25) is 4.79 Å². The van der Waals surface area contributed by atoms with Gasteiger partial charge in [0.05, 0.1) is 12.2 Å². The number of nitrogens with zero attached hydrogens (tertiary/aromatic N) is 2. The minimum Gasteiger partial charge on any atom is -0.477 e. The van der Waals surface area contributed by atoms with E-state index in [1.807, 2.05) is 0 Å². The van der Waals surface area contributed by atoms with E-state index in [9.17, 15) is 4.79 Å². The number of likely N-dealkylation sites (tertiary alicyclic amines) is 1. The van der Waals surface area contributed by atoms with Crippen molar-refractivity contribution in [2.75, 3.05) is 26.7 Å². The molecule has 1 fully saturated rings. The summed E-state index contributed by atoms with van der Waals surface area (Å²) < 4.78 is 5.59. The van der Waals surface area contributed by atoms with Gasteiger partial charge < -0.3 is 9.64 Å². The molecule has 4 nitrogen and oxygen atoms in total. The zero-order valence-corrected chi connectivity index (χ0v) is 9.43. The van der Waals surface area contributed by atoms with Crippen LogP contribution >= 0.6 is 0 Å². The maximum absolute atomic E-state index is 10.7. The summed E-state index contributed by atoms with van der Waals surface area (Å²) in [6, 6.07) is 3.45. The van der Waals surface area contributed by atoms with Crippen LogP contribution in [-0.2, 0) is 0 Å². The van der Waals surface area contributed by atoms with E-state index in [1.54, 1.807) is 18.3 Å². The molecule has 2 heterocycles. The molecule has 0 aliphatic carbocycles.